The number of aliphatic hydroxyl groups is 1. The fourth-order valence-corrected chi connectivity index (χ4v) is 2.61. The first kappa shape index (κ1) is 15.9. The van der Waals surface area contributed by atoms with Crippen LogP contribution in [-0.4, -0.2) is 24.9 Å². The first-order valence-corrected chi connectivity index (χ1v) is 7.27. The van der Waals surface area contributed by atoms with Crippen molar-refractivity contribution in [1.29, 1.82) is 0 Å². The van der Waals surface area contributed by atoms with Crippen LogP contribution in [0.2, 0.25) is 5.02 Å². The second-order valence-electron chi connectivity index (χ2n) is 4.91. The molecule has 0 amide bonds. The molecule has 0 fully saturated rings. The molecule has 1 aromatic carbocycles. The molecule has 1 heterocycles. The lowest BCUT2D eigenvalue weighted by molar-refractivity contribution is 0.133. The smallest absolute Gasteiger partial charge is 0.122 e. The molecule has 21 heavy (non-hydrogen) atoms. The van der Waals surface area contributed by atoms with Gasteiger partial charge in [0.25, 0.3) is 0 Å². The molecule has 2 unspecified atom stereocenters. The van der Waals surface area contributed by atoms with Crippen LogP contribution in [0.15, 0.2) is 41.0 Å². The zero-order valence-corrected chi connectivity index (χ0v) is 12.7. The zero-order chi connectivity index (χ0) is 15.2. The molecule has 2 rings (SSSR count). The minimum atomic E-state index is -0.590. The predicted octanol–water partition coefficient (Wildman–Crippen LogP) is 2.98. The number of aryl methyl sites for hydroxylation is 1. The molecule has 0 aliphatic rings. The molecule has 0 aliphatic carbocycles. The molecule has 3 N–H and O–H groups in total. The molecule has 1 aromatic heterocycles. The standard InChI is InChI=1S/C16H20ClNO3/c1-20-16-7-4-11(17)9-13(16)14(10-18)15(19)6-5-12-3-2-8-21-12/h2-4,7-9,14-15,19H,5-6,10,18H2,1H3. The van der Waals surface area contributed by atoms with Gasteiger partial charge in [-0.15, -0.1) is 0 Å². The fourth-order valence-electron chi connectivity index (χ4n) is 2.43. The van der Waals surface area contributed by atoms with Crippen LogP contribution >= 0.6 is 11.6 Å². The van der Waals surface area contributed by atoms with E-state index < -0.39 is 6.10 Å². The molecule has 0 bridgehead atoms. The summed E-state index contributed by atoms with van der Waals surface area (Å²) in [5, 5.41) is 11.1. The number of ether oxygens (including phenoxy) is 1. The largest absolute Gasteiger partial charge is 0.496 e. The van der Waals surface area contributed by atoms with Gasteiger partial charge in [0.15, 0.2) is 0 Å². The molecule has 0 aliphatic heterocycles. The van der Waals surface area contributed by atoms with E-state index in [1.807, 2.05) is 12.1 Å². The van der Waals surface area contributed by atoms with Gasteiger partial charge in [-0.25, -0.2) is 0 Å². The van der Waals surface area contributed by atoms with Gasteiger partial charge in [-0.2, -0.15) is 0 Å². The average molecular weight is 310 g/mol. The Bertz CT molecular complexity index is 557. The second kappa shape index (κ2) is 7.50. The van der Waals surface area contributed by atoms with Gasteiger partial charge in [0.1, 0.15) is 11.5 Å². The lowest BCUT2D eigenvalue weighted by atomic mass is 9.90. The van der Waals surface area contributed by atoms with Crippen molar-refractivity contribution in [3.05, 3.63) is 52.9 Å². The summed E-state index contributed by atoms with van der Waals surface area (Å²) in [5.74, 6) is 1.31. The summed E-state index contributed by atoms with van der Waals surface area (Å²) in [6.07, 6.45) is 2.26. The molecule has 0 saturated heterocycles. The van der Waals surface area contributed by atoms with E-state index >= 15 is 0 Å². The highest BCUT2D eigenvalue weighted by Crippen LogP contribution is 2.32. The predicted molar refractivity (Wildman–Crippen MR) is 82.8 cm³/mol. The Labute approximate surface area is 129 Å². The number of hydrogen-bond acceptors (Lipinski definition) is 4. The fraction of sp³-hybridized carbons (Fsp3) is 0.375. The summed E-state index contributed by atoms with van der Waals surface area (Å²) in [6.45, 7) is 0.315. The molecule has 114 valence electrons. The quantitative estimate of drug-likeness (QED) is 0.825. The first-order chi connectivity index (χ1) is 10.2. The third-order valence-electron chi connectivity index (χ3n) is 3.58. The molecule has 4 nitrogen and oxygen atoms in total. The highest BCUT2D eigenvalue weighted by atomic mass is 35.5. The van der Waals surface area contributed by atoms with Crippen molar-refractivity contribution in [2.24, 2.45) is 5.73 Å². The summed E-state index contributed by atoms with van der Waals surface area (Å²) in [5.41, 5.74) is 6.68. The van der Waals surface area contributed by atoms with Gasteiger partial charge in [-0.05, 0) is 36.8 Å². The minimum Gasteiger partial charge on any atom is -0.496 e. The van der Waals surface area contributed by atoms with E-state index in [4.69, 9.17) is 26.5 Å². The highest BCUT2D eigenvalue weighted by Gasteiger charge is 2.23. The number of benzene rings is 1. The van der Waals surface area contributed by atoms with Crippen LogP contribution < -0.4 is 10.5 Å². The van der Waals surface area contributed by atoms with Crippen LogP contribution in [0.25, 0.3) is 0 Å². The van der Waals surface area contributed by atoms with Gasteiger partial charge in [-0.1, -0.05) is 11.6 Å². The van der Waals surface area contributed by atoms with Crippen molar-refractivity contribution in [3.8, 4) is 5.75 Å². The van der Waals surface area contributed by atoms with Crippen LogP contribution in [0.1, 0.15) is 23.7 Å². The Morgan fingerprint density at radius 2 is 2.19 bits per heavy atom. The van der Waals surface area contributed by atoms with E-state index in [9.17, 15) is 5.11 Å². The molecular formula is C16H20ClNO3. The number of aliphatic hydroxyl groups excluding tert-OH is 1. The number of methoxy groups -OCH3 is 1. The van der Waals surface area contributed by atoms with Crippen LogP contribution in [0.3, 0.4) is 0 Å². The van der Waals surface area contributed by atoms with Crippen LogP contribution in [0.4, 0.5) is 0 Å². The molecule has 0 spiro atoms. The van der Waals surface area contributed by atoms with E-state index in [2.05, 4.69) is 0 Å². The Morgan fingerprint density at radius 3 is 2.81 bits per heavy atom. The van der Waals surface area contributed by atoms with Crippen LogP contribution in [0.5, 0.6) is 5.75 Å². The third kappa shape index (κ3) is 4.00. The maximum absolute atomic E-state index is 10.5. The van der Waals surface area contributed by atoms with Crippen molar-refractivity contribution >= 4 is 11.6 Å². The lowest BCUT2D eigenvalue weighted by Gasteiger charge is -2.23. The number of furan rings is 1. The number of nitrogens with two attached hydrogens (primary N) is 1. The number of halogens is 1. The minimum absolute atomic E-state index is 0.228. The molecule has 0 radical (unpaired) electrons. The first-order valence-electron chi connectivity index (χ1n) is 6.89. The normalized spacial score (nSPS) is 13.9. The van der Waals surface area contributed by atoms with E-state index in [1.54, 1.807) is 31.6 Å². The van der Waals surface area contributed by atoms with E-state index in [0.717, 1.165) is 11.3 Å². The van der Waals surface area contributed by atoms with Gasteiger partial charge < -0.3 is 20.0 Å². The molecule has 5 heteroatoms. The number of rotatable bonds is 7. The monoisotopic (exact) mass is 309 g/mol. The van der Waals surface area contributed by atoms with E-state index in [0.29, 0.717) is 30.2 Å². The van der Waals surface area contributed by atoms with Gasteiger partial charge in [0.05, 0.1) is 19.5 Å². The zero-order valence-electron chi connectivity index (χ0n) is 12.0. The topological polar surface area (TPSA) is 68.6 Å². The Hall–Kier alpha value is -1.49. The molecule has 2 atom stereocenters. The second-order valence-corrected chi connectivity index (χ2v) is 5.35. The van der Waals surface area contributed by atoms with Gasteiger partial charge >= 0.3 is 0 Å². The lowest BCUT2D eigenvalue weighted by Crippen LogP contribution is -2.26. The summed E-state index contributed by atoms with van der Waals surface area (Å²) in [7, 11) is 1.59. The SMILES string of the molecule is COc1ccc(Cl)cc1C(CN)C(O)CCc1ccco1. The Kier molecular flexibility index (Phi) is 5.67. The highest BCUT2D eigenvalue weighted by molar-refractivity contribution is 6.30. The van der Waals surface area contributed by atoms with Crippen molar-refractivity contribution in [1.82, 2.24) is 0 Å². The van der Waals surface area contributed by atoms with E-state index in [1.165, 1.54) is 0 Å². The number of hydrogen-bond donors (Lipinski definition) is 2. The van der Waals surface area contributed by atoms with Gasteiger partial charge in [-0.3, -0.25) is 0 Å². The van der Waals surface area contributed by atoms with Gasteiger partial charge in [0, 0.05) is 29.5 Å². The van der Waals surface area contributed by atoms with Crippen molar-refractivity contribution in [2.45, 2.75) is 24.9 Å². The third-order valence-corrected chi connectivity index (χ3v) is 3.81. The molecule has 2 aromatic rings. The van der Waals surface area contributed by atoms with Gasteiger partial charge in [0.2, 0.25) is 0 Å². The van der Waals surface area contributed by atoms with Crippen LogP contribution in [0, 0.1) is 0 Å². The Morgan fingerprint density at radius 1 is 1.38 bits per heavy atom. The summed E-state index contributed by atoms with van der Waals surface area (Å²) in [4.78, 5) is 0. The molecule has 0 saturated carbocycles. The summed E-state index contributed by atoms with van der Waals surface area (Å²) >= 11 is 6.04. The van der Waals surface area contributed by atoms with Crippen molar-refractivity contribution in [2.75, 3.05) is 13.7 Å². The molecular weight excluding hydrogens is 290 g/mol. The summed E-state index contributed by atoms with van der Waals surface area (Å²) in [6, 6.07) is 9.08. The maximum atomic E-state index is 10.5. The van der Waals surface area contributed by atoms with E-state index in [-0.39, 0.29) is 5.92 Å². The van der Waals surface area contributed by atoms with Crippen molar-refractivity contribution < 1.29 is 14.3 Å². The average Bonchev–Trinajstić information content (AvgIpc) is 2.99. The van der Waals surface area contributed by atoms with Crippen LogP contribution in [-0.2, 0) is 6.42 Å². The maximum Gasteiger partial charge on any atom is 0.122 e. The van der Waals surface area contributed by atoms with Crippen molar-refractivity contribution in [3.63, 3.8) is 0 Å². The Balaban J connectivity index is 2.12. The summed E-state index contributed by atoms with van der Waals surface area (Å²) < 4.78 is 10.6.